The van der Waals surface area contributed by atoms with Crippen molar-refractivity contribution in [2.45, 2.75) is 25.5 Å². The molecule has 3 atom stereocenters. The lowest BCUT2D eigenvalue weighted by Gasteiger charge is -2.18. The topological polar surface area (TPSA) is 93.4 Å². The number of aromatic nitrogens is 2. The summed E-state index contributed by atoms with van der Waals surface area (Å²) in [4.78, 5) is 23.3. The molecule has 1 amide bonds. The summed E-state index contributed by atoms with van der Waals surface area (Å²) in [7, 11) is 1.69. The number of rotatable bonds is 4. The largest absolute Gasteiger partial charge is 0.479 e. The molecule has 7 heteroatoms. The lowest BCUT2D eigenvalue weighted by molar-refractivity contribution is -0.144. The van der Waals surface area contributed by atoms with Crippen LogP contribution in [0, 0.1) is 5.92 Å². The van der Waals surface area contributed by atoms with E-state index in [4.69, 9.17) is 4.74 Å². The van der Waals surface area contributed by atoms with Gasteiger partial charge >= 0.3 is 5.97 Å². The van der Waals surface area contributed by atoms with Crippen molar-refractivity contribution in [1.82, 2.24) is 15.1 Å². The molecule has 1 saturated heterocycles. The SMILES string of the molecule is CC1CCOC1C(=O)NC(C(=O)O)c1cnn(C)c1. The molecule has 0 saturated carbocycles. The number of amides is 1. The Morgan fingerprint density at radius 2 is 2.37 bits per heavy atom. The molecule has 104 valence electrons. The third kappa shape index (κ3) is 2.93. The Morgan fingerprint density at radius 3 is 2.84 bits per heavy atom. The number of nitrogens with one attached hydrogen (secondary N) is 1. The first-order valence-corrected chi connectivity index (χ1v) is 6.12. The summed E-state index contributed by atoms with van der Waals surface area (Å²) in [6.07, 6.45) is 3.23. The number of aliphatic carboxylic acids is 1. The Bertz CT molecular complexity index is 485. The van der Waals surface area contributed by atoms with Gasteiger partial charge in [-0.05, 0) is 12.3 Å². The smallest absolute Gasteiger partial charge is 0.331 e. The number of ether oxygens (including phenoxy) is 1. The first-order valence-electron chi connectivity index (χ1n) is 6.12. The van der Waals surface area contributed by atoms with E-state index in [0.29, 0.717) is 12.2 Å². The van der Waals surface area contributed by atoms with Gasteiger partial charge in [-0.3, -0.25) is 9.48 Å². The van der Waals surface area contributed by atoms with E-state index in [2.05, 4.69) is 10.4 Å². The van der Waals surface area contributed by atoms with E-state index in [1.807, 2.05) is 6.92 Å². The van der Waals surface area contributed by atoms with Crippen molar-refractivity contribution >= 4 is 11.9 Å². The van der Waals surface area contributed by atoms with Gasteiger partial charge < -0.3 is 15.2 Å². The monoisotopic (exact) mass is 267 g/mol. The van der Waals surface area contributed by atoms with Crippen molar-refractivity contribution < 1.29 is 19.4 Å². The van der Waals surface area contributed by atoms with Crippen molar-refractivity contribution in [2.24, 2.45) is 13.0 Å². The normalized spacial score (nSPS) is 24.1. The van der Waals surface area contributed by atoms with Crippen LogP contribution in [0.25, 0.3) is 0 Å². The molecule has 0 radical (unpaired) electrons. The van der Waals surface area contributed by atoms with E-state index >= 15 is 0 Å². The standard InChI is InChI=1S/C12H17N3O4/c1-7-3-4-19-10(7)11(16)14-9(12(17)18)8-5-13-15(2)6-8/h5-7,9-10H,3-4H2,1-2H3,(H,14,16)(H,17,18). The van der Waals surface area contributed by atoms with Crippen molar-refractivity contribution in [2.75, 3.05) is 6.61 Å². The van der Waals surface area contributed by atoms with Gasteiger partial charge in [0.05, 0.1) is 6.20 Å². The molecule has 19 heavy (non-hydrogen) atoms. The zero-order valence-electron chi connectivity index (χ0n) is 10.9. The lowest BCUT2D eigenvalue weighted by atomic mass is 10.0. The molecule has 1 fully saturated rings. The Kier molecular flexibility index (Phi) is 3.84. The van der Waals surface area contributed by atoms with Crippen LogP contribution < -0.4 is 5.32 Å². The van der Waals surface area contributed by atoms with Gasteiger partial charge in [0.15, 0.2) is 6.04 Å². The number of hydrogen-bond acceptors (Lipinski definition) is 4. The zero-order valence-corrected chi connectivity index (χ0v) is 10.9. The molecule has 1 aliphatic rings. The van der Waals surface area contributed by atoms with Gasteiger partial charge in [-0.15, -0.1) is 0 Å². The Hall–Kier alpha value is -1.89. The lowest BCUT2D eigenvalue weighted by Crippen LogP contribution is -2.41. The molecule has 1 aromatic rings. The Balaban J connectivity index is 2.09. The van der Waals surface area contributed by atoms with E-state index in [0.717, 1.165) is 6.42 Å². The minimum Gasteiger partial charge on any atom is -0.479 e. The average molecular weight is 267 g/mol. The molecule has 1 aromatic heterocycles. The molecule has 0 aromatic carbocycles. The van der Waals surface area contributed by atoms with Gasteiger partial charge in [-0.1, -0.05) is 6.92 Å². The minimum atomic E-state index is -1.12. The van der Waals surface area contributed by atoms with Gasteiger partial charge in [0.25, 0.3) is 0 Å². The number of carboxylic acids is 1. The quantitative estimate of drug-likeness (QED) is 0.806. The molecule has 2 rings (SSSR count). The fraction of sp³-hybridized carbons (Fsp3) is 0.583. The van der Waals surface area contributed by atoms with E-state index < -0.39 is 18.1 Å². The van der Waals surface area contributed by atoms with Crippen molar-refractivity contribution in [3.05, 3.63) is 18.0 Å². The summed E-state index contributed by atoms with van der Waals surface area (Å²) in [5.41, 5.74) is 0.439. The molecule has 3 unspecified atom stereocenters. The van der Waals surface area contributed by atoms with Gasteiger partial charge in [0, 0.05) is 25.4 Å². The maximum atomic E-state index is 12.0. The molecule has 0 aliphatic carbocycles. The second-order valence-electron chi connectivity index (χ2n) is 4.78. The summed E-state index contributed by atoms with van der Waals surface area (Å²) in [6, 6.07) is -1.10. The molecule has 0 spiro atoms. The minimum absolute atomic E-state index is 0.100. The number of carbonyl (C=O) groups excluding carboxylic acids is 1. The van der Waals surface area contributed by atoms with Crippen LogP contribution in [-0.4, -0.2) is 39.5 Å². The maximum Gasteiger partial charge on any atom is 0.331 e. The summed E-state index contributed by atoms with van der Waals surface area (Å²) in [5.74, 6) is -1.41. The van der Waals surface area contributed by atoms with Crippen LogP contribution in [0.4, 0.5) is 0 Å². The highest BCUT2D eigenvalue weighted by Crippen LogP contribution is 2.21. The molecule has 0 bridgehead atoms. The molecular formula is C12H17N3O4. The summed E-state index contributed by atoms with van der Waals surface area (Å²) >= 11 is 0. The Labute approximate surface area is 110 Å². The van der Waals surface area contributed by atoms with E-state index in [1.165, 1.54) is 10.9 Å². The van der Waals surface area contributed by atoms with Crippen LogP contribution in [-0.2, 0) is 21.4 Å². The van der Waals surface area contributed by atoms with Gasteiger partial charge in [-0.2, -0.15) is 5.10 Å². The van der Waals surface area contributed by atoms with Crippen molar-refractivity contribution in [3.8, 4) is 0 Å². The first kappa shape index (κ1) is 13.5. The molecule has 2 heterocycles. The van der Waals surface area contributed by atoms with Crippen LogP contribution in [0.15, 0.2) is 12.4 Å². The second kappa shape index (κ2) is 5.40. The van der Waals surface area contributed by atoms with Crippen molar-refractivity contribution in [3.63, 3.8) is 0 Å². The number of carbonyl (C=O) groups is 2. The second-order valence-corrected chi connectivity index (χ2v) is 4.78. The predicted molar refractivity (Wildman–Crippen MR) is 65.2 cm³/mol. The van der Waals surface area contributed by atoms with Gasteiger partial charge in [0.2, 0.25) is 5.91 Å². The number of nitrogens with zero attached hydrogens (tertiary/aromatic N) is 2. The first-order chi connectivity index (χ1) is 8.99. The highest BCUT2D eigenvalue weighted by atomic mass is 16.5. The fourth-order valence-corrected chi connectivity index (χ4v) is 2.13. The highest BCUT2D eigenvalue weighted by molar-refractivity contribution is 5.87. The van der Waals surface area contributed by atoms with E-state index in [9.17, 15) is 14.7 Å². The van der Waals surface area contributed by atoms with Crippen LogP contribution >= 0.6 is 0 Å². The predicted octanol–water partition coefficient (Wildman–Crippen LogP) is 0.0870. The number of aryl methyl sites for hydroxylation is 1. The molecule has 7 nitrogen and oxygen atoms in total. The summed E-state index contributed by atoms with van der Waals surface area (Å²) in [6.45, 7) is 2.45. The molecule has 2 N–H and O–H groups in total. The van der Waals surface area contributed by atoms with Crippen LogP contribution in [0.3, 0.4) is 0 Å². The number of carboxylic acid groups (broad SMARTS) is 1. The van der Waals surface area contributed by atoms with Gasteiger partial charge in [0.1, 0.15) is 6.10 Å². The number of hydrogen-bond donors (Lipinski definition) is 2. The fourth-order valence-electron chi connectivity index (χ4n) is 2.13. The van der Waals surface area contributed by atoms with E-state index in [-0.39, 0.29) is 11.8 Å². The Morgan fingerprint density at radius 1 is 1.63 bits per heavy atom. The summed E-state index contributed by atoms with van der Waals surface area (Å²) in [5, 5.41) is 15.6. The maximum absolute atomic E-state index is 12.0. The van der Waals surface area contributed by atoms with Crippen LogP contribution in [0.5, 0.6) is 0 Å². The van der Waals surface area contributed by atoms with Crippen LogP contribution in [0.2, 0.25) is 0 Å². The summed E-state index contributed by atoms with van der Waals surface area (Å²) < 4.78 is 6.82. The molecular weight excluding hydrogens is 250 g/mol. The molecule has 1 aliphatic heterocycles. The highest BCUT2D eigenvalue weighted by Gasteiger charge is 2.34. The third-order valence-electron chi connectivity index (χ3n) is 3.24. The van der Waals surface area contributed by atoms with Gasteiger partial charge in [-0.25, -0.2) is 4.79 Å². The van der Waals surface area contributed by atoms with E-state index in [1.54, 1.807) is 13.2 Å². The zero-order chi connectivity index (χ0) is 14.0. The average Bonchev–Trinajstić information content (AvgIpc) is 2.94. The van der Waals surface area contributed by atoms with Crippen LogP contribution in [0.1, 0.15) is 24.9 Å². The third-order valence-corrected chi connectivity index (χ3v) is 3.24. The van der Waals surface area contributed by atoms with Crippen molar-refractivity contribution in [1.29, 1.82) is 0 Å².